The van der Waals surface area contributed by atoms with Crippen molar-refractivity contribution >= 4 is 11.0 Å². The van der Waals surface area contributed by atoms with Gasteiger partial charge in [0.1, 0.15) is 12.0 Å². The van der Waals surface area contributed by atoms with Crippen LogP contribution in [-0.2, 0) is 7.05 Å². The predicted molar refractivity (Wildman–Crippen MR) is 62.4 cm³/mol. The number of aryl methyl sites for hydroxylation is 1. The van der Waals surface area contributed by atoms with Gasteiger partial charge in [0.25, 0.3) is 5.56 Å². The highest BCUT2D eigenvalue weighted by atomic mass is 16.1. The third kappa shape index (κ3) is 1.59. The summed E-state index contributed by atoms with van der Waals surface area (Å²) in [5.41, 5.74) is 1.71. The van der Waals surface area contributed by atoms with Gasteiger partial charge in [-0.3, -0.25) is 9.48 Å². The topological polar surface area (TPSA) is 76.5 Å². The van der Waals surface area contributed by atoms with Gasteiger partial charge in [0.15, 0.2) is 0 Å². The van der Waals surface area contributed by atoms with Gasteiger partial charge in [-0.1, -0.05) is 0 Å². The summed E-state index contributed by atoms with van der Waals surface area (Å²) in [6, 6.07) is 1.77. The molecule has 0 saturated heterocycles. The van der Waals surface area contributed by atoms with Crippen molar-refractivity contribution in [2.24, 2.45) is 7.05 Å². The summed E-state index contributed by atoms with van der Waals surface area (Å²) < 4.78 is 1.65. The lowest BCUT2D eigenvalue weighted by molar-refractivity contribution is 0.768. The van der Waals surface area contributed by atoms with Crippen LogP contribution in [0.1, 0.15) is 0 Å². The molecule has 0 unspecified atom stereocenters. The molecule has 3 aromatic rings. The van der Waals surface area contributed by atoms with Gasteiger partial charge in [-0.2, -0.15) is 5.10 Å². The van der Waals surface area contributed by atoms with Crippen LogP contribution in [-0.4, -0.2) is 24.7 Å². The maximum absolute atomic E-state index is 11.9. The molecule has 0 aliphatic rings. The largest absolute Gasteiger partial charge is 0.306 e. The van der Waals surface area contributed by atoms with Crippen LogP contribution in [0.5, 0.6) is 0 Å². The van der Waals surface area contributed by atoms with Crippen molar-refractivity contribution in [3.63, 3.8) is 0 Å². The quantitative estimate of drug-likeness (QED) is 0.664. The molecule has 6 heteroatoms. The number of rotatable bonds is 1. The van der Waals surface area contributed by atoms with Crippen molar-refractivity contribution in [3.8, 4) is 11.1 Å². The number of hydrogen-bond donors (Lipinski definition) is 1. The van der Waals surface area contributed by atoms with Crippen LogP contribution in [0.15, 0.2) is 35.8 Å². The monoisotopic (exact) mass is 227 g/mol. The first-order chi connectivity index (χ1) is 8.24. The van der Waals surface area contributed by atoms with Crippen molar-refractivity contribution in [2.75, 3.05) is 0 Å². The number of hydrogen-bond acceptors (Lipinski definition) is 4. The average molecular weight is 227 g/mol. The lowest BCUT2D eigenvalue weighted by atomic mass is 10.1. The van der Waals surface area contributed by atoms with Crippen LogP contribution in [0.2, 0.25) is 0 Å². The summed E-state index contributed by atoms with van der Waals surface area (Å²) in [5.74, 6) is 0. The predicted octanol–water partition coefficient (Wildman–Crippen LogP) is 0.719. The van der Waals surface area contributed by atoms with E-state index >= 15 is 0 Å². The Hall–Kier alpha value is -2.50. The molecule has 3 heterocycles. The standard InChI is InChI=1S/C11H9N5O/c1-16-5-8(4-14-16)9-2-7-3-12-6-13-10(7)15-11(9)17/h2-6H,1H3,(H,12,13,15,17). The van der Waals surface area contributed by atoms with Crippen LogP contribution in [0.3, 0.4) is 0 Å². The Kier molecular flexibility index (Phi) is 2.01. The molecule has 0 amide bonds. The zero-order valence-electron chi connectivity index (χ0n) is 9.08. The van der Waals surface area contributed by atoms with Crippen molar-refractivity contribution in [1.82, 2.24) is 24.7 Å². The minimum atomic E-state index is -0.177. The average Bonchev–Trinajstić information content (AvgIpc) is 2.75. The molecule has 0 radical (unpaired) electrons. The van der Waals surface area contributed by atoms with Crippen LogP contribution in [0.4, 0.5) is 0 Å². The second kappa shape index (κ2) is 3.51. The van der Waals surface area contributed by atoms with Gasteiger partial charge in [-0.15, -0.1) is 0 Å². The third-order valence-electron chi connectivity index (χ3n) is 2.53. The molecular weight excluding hydrogens is 218 g/mol. The maximum Gasteiger partial charge on any atom is 0.257 e. The molecular formula is C11H9N5O. The number of nitrogens with one attached hydrogen (secondary N) is 1. The van der Waals surface area contributed by atoms with Gasteiger partial charge in [-0.05, 0) is 6.07 Å². The first kappa shape index (κ1) is 9.71. The summed E-state index contributed by atoms with van der Waals surface area (Å²) in [6.07, 6.45) is 6.51. The number of aromatic nitrogens is 5. The summed E-state index contributed by atoms with van der Waals surface area (Å²) >= 11 is 0. The Bertz CT molecular complexity index is 743. The number of nitrogens with zero attached hydrogens (tertiary/aromatic N) is 4. The van der Waals surface area contributed by atoms with Crippen molar-refractivity contribution < 1.29 is 0 Å². The van der Waals surface area contributed by atoms with Crippen molar-refractivity contribution in [1.29, 1.82) is 0 Å². The van der Waals surface area contributed by atoms with Crippen LogP contribution < -0.4 is 5.56 Å². The minimum Gasteiger partial charge on any atom is -0.306 e. The molecule has 6 nitrogen and oxygen atoms in total. The van der Waals surface area contributed by atoms with Gasteiger partial charge >= 0.3 is 0 Å². The second-order valence-electron chi connectivity index (χ2n) is 3.74. The fourth-order valence-corrected chi connectivity index (χ4v) is 1.72. The van der Waals surface area contributed by atoms with Gasteiger partial charge < -0.3 is 4.98 Å². The number of pyridine rings is 1. The minimum absolute atomic E-state index is 0.177. The molecule has 3 aromatic heterocycles. The smallest absolute Gasteiger partial charge is 0.257 e. The van der Waals surface area contributed by atoms with E-state index in [2.05, 4.69) is 20.1 Å². The highest BCUT2D eigenvalue weighted by molar-refractivity contribution is 5.79. The third-order valence-corrected chi connectivity index (χ3v) is 2.53. The number of fused-ring (bicyclic) bond motifs is 1. The summed E-state index contributed by atoms with van der Waals surface area (Å²) in [5, 5.41) is 4.84. The highest BCUT2D eigenvalue weighted by Crippen LogP contribution is 2.16. The molecule has 1 N–H and O–H groups in total. The van der Waals surface area contributed by atoms with E-state index in [9.17, 15) is 4.79 Å². The van der Waals surface area contributed by atoms with Gasteiger partial charge in [0.05, 0.1) is 11.8 Å². The van der Waals surface area contributed by atoms with Crippen LogP contribution >= 0.6 is 0 Å². The zero-order valence-corrected chi connectivity index (χ0v) is 9.08. The van der Waals surface area contributed by atoms with E-state index in [1.54, 1.807) is 29.3 Å². The van der Waals surface area contributed by atoms with E-state index < -0.39 is 0 Å². The molecule has 0 bridgehead atoms. The Morgan fingerprint density at radius 1 is 1.35 bits per heavy atom. The Morgan fingerprint density at radius 2 is 2.24 bits per heavy atom. The molecule has 0 aromatic carbocycles. The molecule has 0 atom stereocenters. The molecule has 0 saturated carbocycles. The van der Waals surface area contributed by atoms with Crippen LogP contribution in [0.25, 0.3) is 22.2 Å². The Balaban J connectivity index is 2.30. The van der Waals surface area contributed by atoms with Crippen molar-refractivity contribution in [3.05, 3.63) is 41.3 Å². The summed E-state index contributed by atoms with van der Waals surface area (Å²) in [6.45, 7) is 0. The lowest BCUT2D eigenvalue weighted by Crippen LogP contribution is -2.09. The first-order valence-corrected chi connectivity index (χ1v) is 5.06. The van der Waals surface area contributed by atoms with E-state index in [1.807, 2.05) is 7.05 Å². The highest BCUT2D eigenvalue weighted by Gasteiger charge is 2.07. The van der Waals surface area contributed by atoms with Gasteiger partial charge in [-0.25, -0.2) is 9.97 Å². The fourth-order valence-electron chi connectivity index (χ4n) is 1.72. The summed E-state index contributed by atoms with van der Waals surface area (Å²) in [4.78, 5) is 22.5. The van der Waals surface area contributed by atoms with E-state index in [-0.39, 0.29) is 5.56 Å². The normalized spacial score (nSPS) is 10.9. The van der Waals surface area contributed by atoms with E-state index in [0.29, 0.717) is 11.2 Å². The molecule has 84 valence electrons. The van der Waals surface area contributed by atoms with Gasteiger partial charge in [0, 0.05) is 30.4 Å². The zero-order chi connectivity index (χ0) is 11.8. The van der Waals surface area contributed by atoms with E-state index in [0.717, 1.165) is 10.9 Å². The molecule has 3 rings (SSSR count). The number of H-pyrrole nitrogens is 1. The maximum atomic E-state index is 11.9. The SMILES string of the molecule is Cn1cc(-c2cc3cncnc3[nH]c2=O)cn1. The summed E-state index contributed by atoms with van der Waals surface area (Å²) in [7, 11) is 1.81. The van der Waals surface area contributed by atoms with Gasteiger partial charge in [0.2, 0.25) is 0 Å². The lowest BCUT2D eigenvalue weighted by Gasteiger charge is -1.99. The first-order valence-electron chi connectivity index (χ1n) is 5.06. The Morgan fingerprint density at radius 3 is 3.00 bits per heavy atom. The van der Waals surface area contributed by atoms with Crippen molar-refractivity contribution in [2.45, 2.75) is 0 Å². The number of aromatic amines is 1. The second-order valence-corrected chi connectivity index (χ2v) is 3.74. The molecule has 0 aliphatic carbocycles. The molecule has 17 heavy (non-hydrogen) atoms. The van der Waals surface area contributed by atoms with E-state index in [1.165, 1.54) is 6.33 Å². The Labute approximate surface area is 96.0 Å². The van der Waals surface area contributed by atoms with Crippen LogP contribution in [0, 0.1) is 0 Å². The molecule has 0 fully saturated rings. The fraction of sp³-hybridized carbons (Fsp3) is 0.0909. The molecule has 0 spiro atoms. The van der Waals surface area contributed by atoms with E-state index in [4.69, 9.17) is 0 Å². The molecule has 0 aliphatic heterocycles.